The Balaban J connectivity index is 1.70. The van der Waals surface area contributed by atoms with Crippen LogP contribution in [0.25, 0.3) is 0 Å². The molecule has 0 bridgehead atoms. The van der Waals surface area contributed by atoms with E-state index in [1.807, 2.05) is 24.0 Å². The summed E-state index contributed by atoms with van der Waals surface area (Å²) in [5, 5.41) is 17.3. The monoisotopic (exact) mass is 336 g/mol. The molecule has 1 saturated heterocycles. The van der Waals surface area contributed by atoms with Crippen molar-refractivity contribution < 1.29 is 4.79 Å². The second-order valence-corrected chi connectivity index (χ2v) is 6.11. The van der Waals surface area contributed by atoms with Crippen LogP contribution in [0.15, 0.2) is 24.3 Å². The van der Waals surface area contributed by atoms with Gasteiger partial charge < -0.3 is 9.80 Å². The van der Waals surface area contributed by atoms with Crippen LogP contribution in [-0.2, 0) is 0 Å². The lowest BCUT2D eigenvalue weighted by Crippen LogP contribution is -2.36. The molecule has 0 atom stereocenters. The second kappa shape index (κ2) is 7.26. The Labute approximate surface area is 146 Å². The number of carbonyl (C=O) groups is 1. The second-order valence-electron chi connectivity index (χ2n) is 6.11. The Morgan fingerprint density at radius 1 is 1.08 bits per heavy atom. The molecule has 7 heteroatoms. The molecule has 0 N–H and O–H groups in total. The number of anilines is 1. The summed E-state index contributed by atoms with van der Waals surface area (Å²) in [6, 6.07) is 9.26. The zero-order chi connectivity index (χ0) is 17.8. The van der Waals surface area contributed by atoms with Crippen molar-refractivity contribution in [2.24, 2.45) is 0 Å². The maximum absolute atomic E-state index is 12.7. The number of amides is 1. The number of nitrogens with zero attached hydrogens (tertiary/aromatic N) is 6. The molecule has 1 aliphatic rings. The van der Waals surface area contributed by atoms with Gasteiger partial charge in [0.05, 0.1) is 17.0 Å². The fraction of sp³-hybridized carbons (Fsp3) is 0.389. The lowest BCUT2D eigenvalue weighted by molar-refractivity contribution is 0.0761. The van der Waals surface area contributed by atoms with E-state index in [-0.39, 0.29) is 5.91 Å². The lowest BCUT2D eigenvalue weighted by atomic mass is 10.2. The molecule has 0 unspecified atom stereocenters. The number of carbonyl (C=O) groups excluding carboxylic acids is 1. The number of aryl methyl sites for hydroxylation is 2. The van der Waals surface area contributed by atoms with E-state index < -0.39 is 0 Å². The molecular weight excluding hydrogens is 316 g/mol. The highest BCUT2D eigenvalue weighted by Crippen LogP contribution is 2.15. The number of pyridine rings is 1. The van der Waals surface area contributed by atoms with Crippen molar-refractivity contribution in [2.75, 3.05) is 31.1 Å². The van der Waals surface area contributed by atoms with Crippen molar-refractivity contribution >= 4 is 11.7 Å². The molecular formula is C18H20N6O. The first kappa shape index (κ1) is 16.8. The molecule has 25 heavy (non-hydrogen) atoms. The average molecular weight is 336 g/mol. The van der Waals surface area contributed by atoms with Crippen molar-refractivity contribution in [1.82, 2.24) is 20.1 Å². The molecule has 7 nitrogen and oxygen atoms in total. The fourth-order valence-corrected chi connectivity index (χ4v) is 2.87. The Kier molecular flexibility index (Phi) is 4.89. The van der Waals surface area contributed by atoms with Gasteiger partial charge in [-0.2, -0.15) is 10.4 Å². The normalized spacial score (nSPS) is 14.8. The Morgan fingerprint density at radius 3 is 2.60 bits per heavy atom. The molecule has 0 aromatic carbocycles. The molecule has 0 spiro atoms. The zero-order valence-corrected chi connectivity index (χ0v) is 14.4. The largest absolute Gasteiger partial charge is 0.353 e. The van der Waals surface area contributed by atoms with Crippen LogP contribution in [0.2, 0.25) is 0 Å². The zero-order valence-electron chi connectivity index (χ0n) is 14.4. The minimum Gasteiger partial charge on any atom is -0.353 e. The standard InChI is InChI=1S/C18H20N6O/c1-13-4-7-17(22-21-13)23-8-3-9-24(11-10-23)18(25)16-6-5-15(12-19)14(2)20-16/h4-7H,3,8-11H2,1-2H3. The smallest absolute Gasteiger partial charge is 0.272 e. The molecule has 1 aliphatic heterocycles. The number of rotatable bonds is 2. The van der Waals surface area contributed by atoms with Gasteiger partial charge in [-0.05, 0) is 44.5 Å². The van der Waals surface area contributed by atoms with E-state index in [2.05, 4.69) is 26.2 Å². The van der Waals surface area contributed by atoms with E-state index in [1.165, 1.54) is 0 Å². The highest BCUT2D eigenvalue weighted by molar-refractivity contribution is 5.92. The van der Waals surface area contributed by atoms with Crippen molar-refractivity contribution in [3.05, 3.63) is 46.9 Å². The maximum Gasteiger partial charge on any atom is 0.272 e. The Bertz CT molecular complexity index is 811. The Morgan fingerprint density at radius 2 is 1.92 bits per heavy atom. The Hall–Kier alpha value is -3.01. The first-order valence-electron chi connectivity index (χ1n) is 8.31. The van der Waals surface area contributed by atoms with Gasteiger partial charge in [-0.3, -0.25) is 4.79 Å². The van der Waals surface area contributed by atoms with Gasteiger partial charge in [0.2, 0.25) is 0 Å². The van der Waals surface area contributed by atoms with Gasteiger partial charge >= 0.3 is 0 Å². The first-order chi connectivity index (χ1) is 12.1. The predicted molar refractivity (Wildman–Crippen MR) is 93.2 cm³/mol. The predicted octanol–water partition coefficient (Wildman–Crippen LogP) is 1.71. The van der Waals surface area contributed by atoms with E-state index in [1.54, 1.807) is 19.1 Å². The quantitative estimate of drug-likeness (QED) is 0.830. The SMILES string of the molecule is Cc1ccc(N2CCCN(C(=O)c3ccc(C#N)c(C)n3)CC2)nn1. The fourth-order valence-electron chi connectivity index (χ4n) is 2.87. The van der Waals surface area contributed by atoms with Crippen molar-refractivity contribution in [3.63, 3.8) is 0 Å². The van der Waals surface area contributed by atoms with Gasteiger partial charge in [0.15, 0.2) is 5.82 Å². The van der Waals surface area contributed by atoms with E-state index in [0.29, 0.717) is 36.6 Å². The molecule has 128 valence electrons. The third-order valence-corrected chi connectivity index (χ3v) is 4.32. The summed E-state index contributed by atoms with van der Waals surface area (Å²) in [4.78, 5) is 21.0. The van der Waals surface area contributed by atoms with Gasteiger partial charge in [-0.15, -0.1) is 5.10 Å². The van der Waals surface area contributed by atoms with Crippen LogP contribution in [0, 0.1) is 25.2 Å². The minimum atomic E-state index is -0.0931. The number of hydrogen-bond acceptors (Lipinski definition) is 6. The van der Waals surface area contributed by atoms with Gasteiger partial charge in [-0.1, -0.05) is 0 Å². The molecule has 0 radical (unpaired) electrons. The summed E-state index contributed by atoms with van der Waals surface area (Å²) < 4.78 is 0. The molecule has 3 rings (SSSR count). The molecule has 1 amide bonds. The number of hydrogen-bond donors (Lipinski definition) is 0. The van der Waals surface area contributed by atoms with Gasteiger partial charge in [-0.25, -0.2) is 4.98 Å². The van der Waals surface area contributed by atoms with Gasteiger partial charge in [0.25, 0.3) is 5.91 Å². The van der Waals surface area contributed by atoms with Crippen LogP contribution in [0.1, 0.15) is 33.9 Å². The van der Waals surface area contributed by atoms with E-state index in [4.69, 9.17) is 5.26 Å². The third-order valence-electron chi connectivity index (χ3n) is 4.32. The van der Waals surface area contributed by atoms with E-state index in [0.717, 1.165) is 24.5 Å². The summed E-state index contributed by atoms with van der Waals surface area (Å²) in [6.07, 6.45) is 0.858. The van der Waals surface area contributed by atoms with Crippen LogP contribution in [0.3, 0.4) is 0 Å². The maximum atomic E-state index is 12.7. The van der Waals surface area contributed by atoms with E-state index >= 15 is 0 Å². The highest BCUT2D eigenvalue weighted by atomic mass is 16.2. The molecule has 0 aliphatic carbocycles. The van der Waals surface area contributed by atoms with E-state index in [9.17, 15) is 4.79 Å². The summed E-state index contributed by atoms with van der Waals surface area (Å²) in [5.41, 5.74) is 2.36. The van der Waals surface area contributed by atoms with Crippen LogP contribution in [0.5, 0.6) is 0 Å². The lowest BCUT2D eigenvalue weighted by Gasteiger charge is -2.22. The molecule has 2 aromatic heterocycles. The average Bonchev–Trinajstić information content (AvgIpc) is 2.88. The van der Waals surface area contributed by atoms with Crippen LogP contribution in [0.4, 0.5) is 5.82 Å². The molecule has 3 heterocycles. The minimum absolute atomic E-state index is 0.0931. The summed E-state index contributed by atoms with van der Waals surface area (Å²) in [7, 11) is 0. The van der Waals surface area contributed by atoms with Gasteiger partial charge in [0.1, 0.15) is 11.8 Å². The van der Waals surface area contributed by atoms with Crippen LogP contribution in [-0.4, -0.2) is 52.2 Å². The third kappa shape index (κ3) is 3.74. The topological polar surface area (TPSA) is 86.0 Å². The number of aromatic nitrogens is 3. The summed E-state index contributed by atoms with van der Waals surface area (Å²) in [6.45, 7) is 6.48. The van der Waals surface area contributed by atoms with Crippen molar-refractivity contribution in [2.45, 2.75) is 20.3 Å². The van der Waals surface area contributed by atoms with Crippen LogP contribution >= 0.6 is 0 Å². The first-order valence-corrected chi connectivity index (χ1v) is 8.31. The van der Waals surface area contributed by atoms with Crippen molar-refractivity contribution in [1.29, 1.82) is 5.26 Å². The molecule has 0 saturated carbocycles. The van der Waals surface area contributed by atoms with Gasteiger partial charge in [0, 0.05) is 26.2 Å². The highest BCUT2D eigenvalue weighted by Gasteiger charge is 2.22. The van der Waals surface area contributed by atoms with Crippen molar-refractivity contribution in [3.8, 4) is 6.07 Å². The summed E-state index contributed by atoms with van der Waals surface area (Å²) >= 11 is 0. The molecule has 1 fully saturated rings. The molecule has 2 aromatic rings. The number of nitriles is 1. The summed E-state index contributed by atoms with van der Waals surface area (Å²) in [5.74, 6) is 0.747. The van der Waals surface area contributed by atoms with Crippen LogP contribution < -0.4 is 4.90 Å².